The van der Waals surface area contributed by atoms with E-state index in [0.717, 1.165) is 22.7 Å². The maximum atomic E-state index is 4.71. The van der Waals surface area contributed by atoms with E-state index in [0.29, 0.717) is 6.54 Å². The van der Waals surface area contributed by atoms with Gasteiger partial charge < -0.3 is 9.88 Å². The minimum absolute atomic E-state index is 0.106. The normalized spacial score (nSPS) is 13.1. The van der Waals surface area contributed by atoms with Gasteiger partial charge in [0.2, 0.25) is 0 Å². The maximum Gasteiger partial charge on any atom is 0.165 e. The van der Waals surface area contributed by atoms with Crippen LogP contribution in [0.25, 0.3) is 11.0 Å². The van der Waals surface area contributed by atoms with Gasteiger partial charge in [0, 0.05) is 7.05 Å². The smallest absolute Gasteiger partial charge is 0.165 e. The highest BCUT2D eigenvalue weighted by molar-refractivity contribution is 5.75. The first-order valence-electron chi connectivity index (χ1n) is 7.49. The molecule has 1 aromatic carbocycles. The molecule has 3 aromatic rings. The van der Waals surface area contributed by atoms with Crippen LogP contribution in [0.2, 0.25) is 0 Å². The summed E-state index contributed by atoms with van der Waals surface area (Å²) in [5.41, 5.74) is 2.15. The molecule has 3 rings (SSSR count). The molecule has 116 valence electrons. The van der Waals surface area contributed by atoms with Crippen LogP contribution in [0.5, 0.6) is 0 Å². The summed E-state index contributed by atoms with van der Waals surface area (Å²) in [5.74, 6) is 1.84. The number of aromatic nitrogens is 6. The summed E-state index contributed by atoms with van der Waals surface area (Å²) in [6, 6.07) is 8.51. The number of benzene rings is 1. The molecule has 1 unspecified atom stereocenters. The summed E-state index contributed by atoms with van der Waals surface area (Å²) in [6.45, 7) is 6.84. The van der Waals surface area contributed by atoms with Gasteiger partial charge in [0.1, 0.15) is 5.82 Å². The van der Waals surface area contributed by atoms with Crippen molar-refractivity contribution in [3.05, 3.63) is 35.9 Å². The van der Waals surface area contributed by atoms with Crippen molar-refractivity contribution >= 4 is 11.0 Å². The maximum absolute atomic E-state index is 4.71. The molecular formula is C15H21N7. The van der Waals surface area contributed by atoms with E-state index in [1.807, 2.05) is 29.9 Å². The van der Waals surface area contributed by atoms with Gasteiger partial charge in [-0.05, 0) is 43.3 Å². The topological polar surface area (TPSA) is 73.5 Å². The summed E-state index contributed by atoms with van der Waals surface area (Å²) in [7, 11) is 2.04. The Morgan fingerprint density at radius 3 is 2.68 bits per heavy atom. The van der Waals surface area contributed by atoms with Crippen molar-refractivity contribution in [1.29, 1.82) is 0 Å². The van der Waals surface area contributed by atoms with Gasteiger partial charge in [-0.25, -0.2) is 9.67 Å². The van der Waals surface area contributed by atoms with Gasteiger partial charge in [-0.2, -0.15) is 0 Å². The molecule has 0 saturated heterocycles. The highest BCUT2D eigenvalue weighted by Gasteiger charge is 2.16. The number of tetrazole rings is 1. The molecule has 1 N–H and O–H groups in total. The molecule has 0 radical (unpaired) electrons. The van der Waals surface area contributed by atoms with E-state index < -0.39 is 0 Å². The molecule has 22 heavy (non-hydrogen) atoms. The lowest BCUT2D eigenvalue weighted by atomic mass is 10.3. The van der Waals surface area contributed by atoms with Crippen molar-refractivity contribution in [3.8, 4) is 0 Å². The molecule has 2 heterocycles. The molecule has 0 spiro atoms. The Labute approximate surface area is 129 Å². The van der Waals surface area contributed by atoms with Crippen LogP contribution in [-0.2, 0) is 13.6 Å². The number of aryl methyl sites for hydroxylation is 1. The van der Waals surface area contributed by atoms with Crippen LogP contribution < -0.4 is 5.32 Å². The fourth-order valence-corrected chi connectivity index (χ4v) is 2.62. The molecule has 0 bridgehead atoms. The fraction of sp³-hybridized carbons (Fsp3) is 0.467. The zero-order valence-electron chi connectivity index (χ0n) is 13.4. The van der Waals surface area contributed by atoms with E-state index in [1.54, 1.807) is 0 Å². The second-order valence-electron chi connectivity index (χ2n) is 5.75. The van der Waals surface area contributed by atoms with Gasteiger partial charge in [0.15, 0.2) is 5.82 Å². The summed E-state index contributed by atoms with van der Waals surface area (Å²) in [6.07, 6.45) is 0. The van der Waals surface area contributed by atoms with E-state index in [9.17, 15) is 0 Å². The standard InChI is InChI=1S/C15H21N7/c1-10(2)22-14(18-19-20-22)9-16-11(3)15-17-12-7-5-6-8-13(12)21(15)4/h5-8,10-11,16H,9H2,1-4H3. The zero-order valence-corrected chi connectivity index (χ0v) is 13.4. The van der Waals surface area contributed by atoms with E-state index in [2.05, 4.69) is 52.2 Å². The Kier molecular flexibility index (Phi) is 3.89. The fourth-order valence-electron chi connectivity index (χ4n) is 2.62. The quantitative estimate of drug-likeness (QED) is 0.780. The molecule has 1 atom stereocenters. The van der Waals surface area contributed by atoms with Gasteiger partial charge in [-0.15, -0.1) is 5.10 Å². The number of nitrogens with one attached hydrogen (secondary N) is 1. The van der Waals surface area contributed by atoms with Crippen molar-refractivity contribution in [2.75, 3.05) is 0 Å². The largest absolute Gasteiger partial charge is 0.330 e. The lowest BCUT2D eigenvalue weighted by molar-refractivity contribution is 0.460. The molecular weight excluding hydrogens is 278 g/mol. The molecule has 0 aliphatic carbocycles. The molecule has 0 aliphatic rings. The number of para-hydroxylation sites is 2. The lowest BCUT2D eigenvalue weighted by Crippen LogP contribution is -2.23. The van der Waals surface area contributed by atoms with Crippen molar-refractivity contribution in [3.63, 3.8) is 0 Å². The molecule has 0 fully saturated rings. The Morgan fingerprint density at radius 1 is 1.18 bits per heavy atom. The van der Waals surface area contributed by atoms with Crippen molar-refractivity contribution in [2.24, 2.45) is 7.05 Å². The van der Waals surface area contributed by atoms with E-state index in [4.69, 9.17) is 4.98 Å². The molecule has 0 saturated carbocycles. The van der Waals surface area contributed by atoms with Gasteiger partial charge in [-0.1, -0.05) is 12.1 Å². The minimum Gasteiger partial charge on any atom is -0.330 e. The average molecular weight is 299 g/mol. The first-order valence-corrected chi connectivity index (χ1v) is 7.49. The Hall–Kier alpha value is -2.28. The number of rotatable bonds is 5. The van der Waals surface area contributed by atoms with E-state index in [-0.39, 0.29) is 12.1 Å². The summed E-state index contributed by atoms with van der Waals surface area (Å²) >= 11 is 0. The Balaban J connectivity index is 1.77. The number of hydrogen-bond acceptors (Lipinski definition) is 5. The van der Waals surface area contributed by atoms with E-state index in [1.165, 1.54) is 0 Å². The SMILES string of the molecule is CC(NCc1nnnn1C(C)C)c1nc2ccccc2n1C. The number of hydrogen-bond donors (Lipinski definition) is 1. The second kappa shape index (κ2) is 5.84. The predicted octanol–water partition coefficient (Wildman–Crippen LogP) is 1.99. The minimum atomic E-state index is 0.106. The van der Waals surface area contributed by atoms with Gasteiger partial charge in [-0.3, -0.25) is 0 Å². The van der Waals surface area contributed by atoms with Crippen LogP contribution in [-0.4, -0.2) is 29.8 Å². The summed E-state index contributed by atoms with van der Waals surface area (Å²) in [4.78, 5) is 4.71. The number of fused-ring (bicyclic) bond motifs is 1. The molecule has 7 heteroatoms. The van der Waals surface area contributed by atoms with Crippen LogP contribution in [0.4, 0.5) is 0 Å². The van der Waals surface area contributed by atoms with Crippen molar-refractivity contribution in [1.82, 2.24) is 35.1 Å². The van der Waals surface area contributed by atoms with Gasteiger partial charge in [0.25, 0.3) is 0 Å². The first kappa shape index (κ1) is 14.6. The summed E-state index contributed by atoms with van der Waals surface area (Å²) < 4.78 is 3.95. The highest BCUT2D eigenvalue weighted by atomic mass is 15.5. The molecule has 0 amide bonds. The monoisotopic (exact) mass is 299 g/mol. The van der Waals surface area contributed by atoms with Crippen LogP contribution in [0, 0.1) is 0 Å². The second-order valence-corrected chi connectivity index (χ2v) is 5.75. The third kappa shape index (κ3) is 2.59. The molecule has 7 nitrogen and oxygen atoms in total. The zero-order chi connectivity index (χ0) is 15.7. The van der Waals surface area contributed by atoms with E-state index >= 15 is 0 Å². The number of nitrogens with zero attached hydrogens (tertiary/aromatic N) is 6. The van der Waals surface area contributed by atoms with Crippen LogP contribution in [0.3, 0.4) is 0 Å². The van der Waals surface area contributed by atoms with Crippen LogP contribution in [0.15, 0.2) is 24.3 Å². The Bertz CT molecular complexity index is 771. The van der Waals surface area contributed by atoms with Crippen molar-refractivity contribution < 1.29 is 0 Å². The van der Waals surface area contributed by atoms with Crippen LogP contribution in [0.1, 0.15) is 44.5 Å². The average Bonchev–Trinajstić information content (AvgIpc) is 3.10. The lowest BCUT2D eigenvalue weighted by Gasteiger charge is -2.14. The Morgan fingerprint density at radius 2 is 1.95 bits per heavy atom. The molecule has 0 aliphatic heterocycles. The third-order valence-electron chi connectivity index (χ3n) is 3.83. The van der Waals surface area contributed by atoms with Crippen LogP contribution >= 0.6 is 0 Å². The number of imidazole rings is 1. The third-order valence-corrected chi connectivity index (χ3v) is 3.83. The highest BCUT2D eigenvalue weighted by Crippen LogP contribution is 2.19. The predicted molar refractivity (Wildman–Crippen MR) is 84.2 cm³/mol. The van der Waals surface area contributed by atoms with Gasteiger partial charge >= 0.3 is 0 Å². The summed E-state index contributed by atoms with van der Waals surface area (Å²) in [5, 5.41) is 15.3. The van der Waals surface area contributed by atoms with Crippen molar-refractivity contribution in [2.45, 2.75) is 39.4 Å². The first-order chi connectivity index (χ1) is 10.6. The van der Waals surface area contributed by atoms with Gasteiger partial charge in [0.05, 0.1) is 29.7 Å². The molecule has 2 aromatic heterocycles.